The normalized spacial score (nSPS) is 10.5. The summed E-state index contributed by atoms with van der Waals surface area (Å²) in [4.78, 5) is 11.9. The molecule has 19 heavy (non-hydrogen) atoms. The summed E-state index contributed by atoms with van der Waals surface area (Å²) in [6, 6.07) is 4.48. The molecule has 2 rings (SSSR count). The minimum atomic E-state index is -0.438. The average Bonchev–Trinajstić information content (AvgIpc) is 2.41. The van der Waals surface area contributed by atoms with Crippen molar-refractivity contribution in [2.45, 2.75) is 6.54 Å². The van der Waals surface area contributed by atoms with Crippen molar-refractivity contribution < 1.29 is 9.13 Å². The maximum absolute atomic E-state index is 13.8. The number of benzene rings is 1. The largest absolute Gasteiger partial charge is 0.497 e. The molecular formula is C12H9Br2FN2O2. The molecule has 0 bridgehead atoms. The van der Waals surface area contributed by atoms with E-state index in [-0.39, 0.29) is 12.1 Å². The van der Waals surface area contributed by atoms with Gasteiger partial charge < -0.3 is 4.74 Å². The molecule has 0 radical (unpaired) electrons. The van der Waals surface area contributed by atoms with E-state index in [0.717, 1.165) is 0 Å². The second-order valence-corrected chi connectivity index (χ2v) is 5.37. The Hall–Kier alpha value is -1.21. The zero-order valence-corrected chi connectivity index (χ0v) is 13.0. The van der Waals surface area contributed by atoms with Crippen molar-refractivity contribution in [1.82, 2.24) is 9.78 Å². The fourth-order valence-electron chi connectivity index (χ4n) is 1.50. The summed E-state index contributed by atoms with van der Waals surface area (Å²) >= 11 is 6.34. The summed E-state index contributed by atoms with van der Waals surface area (Å²) < 4.78 is 20.8. The van der Waals surface area contributed by atoms with Gasteiger partial charge in [0.25, 0.3) is 5.56 Å². The molecule has 1 aromatic carbocycles. The first-order chi connectivity index (χ1) is 9.02. The standard InChI is InChI=1S/C12H9Br2FN2O2/c1-19-8-3-2-7(10(15)4-8)6-17-12(18)11(14)9(13)5-16-17/h2-5H,6H2,1H3. The highest BCUT2D eigenvalue weighted by Gasteiger charge is 2.10. The predicted octanol–water partition coefficient (Wildman–Crippen LogP) is 2.96. The Morgan fingerprint density at radius 3 is 2.79 bits per heavy atom. The molecule has 1 aromatic heterocycles. The fraction of sp³-hybridized carbons (Fsp3) is 0.167. The molecular weight excluding hydrogens is 383 g/mol. The summed E-state index contributed by atoms with van der Waals surface area (Å²) in [5, 5.41) is 3.95. The molecule has 0 spiro atoms. The lowest BCUT2D eigenvalue weighted by atomic mass is 10.2. The van der Waals surface area contributed by atoms with Crippen molar-refractivity contribution in [3.8, 4) is 5.75 Å². The minimum Gasteiger partial charge on any atom is -0.497 e. The smallest absolute Gasteiger partial charge is 0.282 e. The maximum Gasteiger partial charge on any atom is 0.282 e. The Balaban J connectivity index is 2.37. The van der Waals surface area contributed by atoms with E-state index in [9.17, 15) is 9.18 Å². The second kappa shape index (κ2) is 5.83. The third kappa shape index (κ3) is 3.03. The van der Waals surface area contributed by atoms with Gasteiger partial charge in [0.15, 0.2) is 0 Å². The fourth-order valence-corrected chi connectivity index (χ4v) is 2.07. The molecule has 0 amide bonds. The van der Waals surface area contributed by atoms with Crippen LogP contribution >= 0.6 is 31.9 Å². The number of hydrogen-bond donors (Lipinski definition) is 0. The molecule has 0 aliphatic heterocycles. The molecule has 0 aliphatic carbocycles. The number of ether oxygens (including phenoxy) is 1. The van der Waals surface area contributed by atoms with Crippen molar-refractivity contribution >= 4 is 31.9 Å². The molecule has 0 atom stereocenters. The molecule has 1 heterocycles. The summed E-state index contributed by atoms with van der Waals surface area (Å²) in [7, 11) is 1.46. The molecule has 0 saturated carbocycles. The van der Waals surface area contributed by atoms with Crippen LogP contribution in [0.3, 0.4) is 0 Å². The topological polar surface area (TPSA) is 44.1 Å². The van der Waals surface area contributed by atoms with Gasteiger partial charge in [0.1, 0.15) is 16.0 Å². The zero-order valence-electron chi connectivity index (χ0n) is 9.86. The van der Waals surface area contributed by atoms with Gasteiger partial charge in [0.05, 0.1) is 24.3 Å². The number of nitrogens with zero attached hydrogens (tertiary/aromatic N) is 2. The van der Waals surface area contributed by atoms with Crippen LogP contribution in [0.4, 0.5) is 4.39 Å². The van der Waals surface area contributed by atoms with Gasteiger partial charge in [-0.2, -0.15) is 5.10 Å². The number of rotatable bonds is 3. The Morgan fingerprint density at radius 2 is 2.16 bits per heavy atom. The van der Waals surface area contributed by atoms with Crippen molar-refractivity contribution in [3.05, 3.63) is 55.1 Å². The molecule has 0 saturated heterocycles. The quantitative estimate of drug-likeness (QED) is 0.807. The molecule has 100 valence electrons. The van der Waals surface area contributed by atoms with Crippen LogP contribution in [-0.2, 0) is 6.54 Å². The molecule has 4 nitrogen and oxygen atoms in total. The number of halogens is 3. The summed E-state index contributed by atoms with van der Waals surface area (Å²) in [6.45, 7) is 0.0561. The van der Waals surface area contributed by atoms with E-state index in [4.69, 9.17) is 4.74 Å². The van der Waals surface area contributed by atoms with E-state index in [1.165, 1.54) is 24.1 Å². The van der Waals surface area contributed by atoms with Crippen LogP contribution in [0.2, 0.25) is 0 Å². The molecule has 2 aromatic rings. The highest BCUT2D eigenvalue weighted by Crippen LogP contribution is 2.19. The van der Waals surface area contributed by atoms with E-state index in [0.29, 0.717) is 20.3 Å². The van der Waals surface area contributed by atoms with Gasteiger partial charge in [0.2, 0.25) is 0 Å². The Labute approximate surface area is 125 Å². The minimum absolute atomic E-state index is 0.0561. The average molecular weight is 392 g/mol. The lowest BCUT2D eigenvalue weighted by Gasteiger charge is -2.08. The second-order valence-electron chi connectivity index (χ2n) is 3.73. The van der Waals surface area contributed by atoms with Gasteiger partial charge >= 0.3 is 0 Å². The molecule has 7 heteroatoms. The van der Waals surface area contributed by atoms with E-state index < -0.39 is 5.82 Å². The van der Waals surface area contributed by atoms with Gasteiger partial charge in [-0.1, -0.05) is 6.07 Å². The third-order valence-electron chi connectivity index (χ3n) is 2.52. The van der Waals surface area contributed by atoms with Gasteiger partial charge in [0, 0.05) is 11.6 Å². The highest BCUT2D eigenvalue weighted by molar-refractivity contribution is 9.13. The first-order valence-electron chi connectivity index (χ1n) is 5.26. The molecule has 0 unspecified atom stereocenters. The molecule has 0 aliphatic rings. The molecule has 0 fully saturated rings. The summed E-state index contributed by atoms with van der Waals surface area (Å²) in [5.41, 5.74) is 0.0363. The first-order valence-corrected chi connectivity index (χ1v) is 6.85. The monoisotopic (exact) mass is 390 g/mol. The van der Waals surface area contributed by atoms with Crippen molar-refractivity contribution in [2.24, 2.45) is 0 Å². The van der Waals surface area contributed by atoms with Gasteiger partial charge in [-0.05, 0) is 37.9 Å². The van der Waals surface area contributed by atoms with Crippen LogP contribution in [0.25, 0.3) is 0 Å². The van der Waals surface area contributed by atoms with Crippen LogP contribution in [0.15, 0.2) is 38.1 Å². The Kier molecular flexibility index (Phi) is 4.36. The van der Waals surface area contributed by atoms with Crippen LogP contribution < -0.4 is 10.3 Å². The highest BCUT2D eigenvalue weighted by atomic mass is 79.9. The van der Waals surface area contributed by atoms with Crippen LogP contribution in [0.1, 0.15) is 5.56 Å². The number of methoxy groups -OCH3 is 1. The van der Waals surface area contributed by atoms with Gasteiger partial charge in [-0.25, -0.2) is 9.07 Å². The van der Waals surface area contributed by atoms with Crippen LogP contribution in [-0.4, -0.2) is 16.9 Å². The maximum atomic E-state index is 13.8. The van der Waals surface area contributed by atoms with E-state index in [1.807, 2.05) is 0 Å². The Bertz CT molecular complexity index is 673. The van der Waals surface area contributed by atoms with Crippen molar-refractivity contribution in [1.29, 1.82) is 0 Å². The zero-order chi connectivity index (χ0) is 14.0. The van der Waals surface area contributed by atoms with E-state index in [1.54, 1.807) is 12.1 Å². The van der Waals surface area contributed by atoms with Gasteiger partial charge in [-0.3, -0.25) is 4.79 Å². The number of aromatic nitrogens is 2. The van der Waals surface area contributed by atoms with E-state index >= 15 is 0 Å². The third-order valence-corrected chi connectivity index (χ3v) is 4.42. The predicted molar refractivity (Wildman–Crippen MR) is 76.0 cm³/mol. The lowest BCUT2D eigenvalue weighted by molar-refractivity contribution is 0.410. The number of hydrogen-bond acceptors (Lipinski definition) is 3. The summed E-state index contributed by atoms with van der Waals surface area (Å²) in [5.74, 6) is -0.00867. The van der Waals surface area contributed by atoms with Crippen LogP contribution in [0, 0.1) is 5.82 Å². The Morgan fingerprint density at radius 1 is 1.42 bits per heavy atom. The lowest BCUT2D eigenvalue weighted by Crippen LogP contribution is -2.24. The van der Waals surface area contributed by atoms with Crippen LogP contribution in [0.5, 0.6) is 5.75 Å². The van der Waals surface area contributed by atoms with E-state index in [2.05, 4.69) is 37.0 Å². The van der Waals surface area contributed by atoms with Crippen molar-refractivity contribution in [3.63, 3.8) is 0 Å². The first kappa shape index (κ1) is 14.2. The van der Waals surface area contributed by atoms with Crippen molar-refractivity contribution in [2.75, 3.05) is 7.11 Å². The van der Waals surface area contributed by atoms with Gasteiger partial charge in [-0.15, -0.1) is 0 Å². The molecule has 0 N–H and O–H groups in total. The summed E-state index contributed by atoms with van der Waals surface area (Å²) in [6.07, 6.45) is 1.48. The SMILES string of the molecule is COc1ccc(Cn2ncc(Br)c(Br)c2=O)c(F)c1.